The molecule has 0 amide bonds. The maximum absolute atomic E-state index is 14.2. The Balaban J connectivity index is 1.78. The summed E-state index contributed by atoms with van der Waals surface area (Å²) in [6.45, 7) is 2.19. The predicted octanol–water partition coefficient (Wildman–Crippen LogP) is 8.24. The summed E-state index contributed by atoms with van der Waals surface area (Å²) in [5.41, 5.74) is 1.05. The highest BCUT2D eigenvalue weighted by Gasteiger charge is 2.26. The number of allylic oxidation sites excluding steroid dienone is 3. The Morgan fingerprint density at radius 1 is 1.00 bits per heavy atom. The van der Waals surface area contributed by atoms with Crippen LogP contribution in [0.4, 0.5) is 0 Å². The van der Waals surface area contributed by atoms with E-state index in [-0.39, 0.29) is 6.10 Å². The lowest BCUT2D eigenvalue weighted by Gasteiger charge is -2.26. The van der Waals surface area contributed by atoms with Gasteiger partial charge < -0.3 is 4.74 Å². The first kappa shape index (κ1) is 22.5. The number of hydrogen-bond donors (Lipinski definition) is 0. The van der Waals surface area contributed by atoms with Gasteiger partial charge in [-0.2, -0.15) is 0 Å². The Hall–Kier alpha value is -2.65. The number of rotatable bonds is 9. The number of benzene rings is 3. The third kappa shape index (κ3) is 5.39. The van der Waals surface area contributed by atoms with Gasteiger partial charge in [-0.15, -0.1) is 0 Å². The largest absolute Gasteiger partial charge is 0.485 e. The van der Waals surface area contributed by atoms with Crippen molar-refractivity contribution in [3.63, 3.8) is 0 Å². The molecule has 3 aromatic rings. The highest BCUT2D eigenvalue weighted by molar-refractivity contribution is 7.89. The van der Waals surface area contributed by atoms with E-state index >= 15 is 0 Å². The molecule has 166 valence electrons. The molecule has 0 saturated carbocycles. The molecule has 4 rings (SSSR count). The van der Waals surface area contributed by atoms with Gasteiger partial charge >= 0.3 is 0 Å². The highest BCUT2D eigenvalue weighted by Crippen LogP contribution is 2.37. The summed E-state index contributed by atoms with van der Waals surface area (Å²) in [5.74, 6) is 1.03. The van der Waals surface area contributed by atoms with Gasteiger partial charge in [0.15, 0.2) is 6.10 Å². The van der Waals surface area contributed by atoms with E-state index in [4.69, 9.17) is 4.74 Å². The van der Waals surface area contributed by atoms with Crippen LogP contribution >= 0.6 is 0 Å². The van der Waals surface area contributed by atoms with Crippen LogP contribution in [-0.4, -0.2) is 4.21 Å². The van der Waals surface area contributed by atoms with Crippen LogP contribution in [-0.2, 0) is 15.5 Å². The molecule has 0 saturated heterocycles. The minimum Gasteiger partial charge on any atom is -0.485 e. The summed E-state index contributed by atoms with van der Waals surface area (Å²) in [5, 5.41) is 2.15. The highest BCUT2D eigenvalue weighted by atomic mass is 32.2. The van der Waals surface area contributed by atoms with Crippen LogP contribution in [0, 0.1) is 0 Å². The fourth-order valence-electron chi connectivity index (χ4n) is 4.20. The van der Waals surface area contributed by atoms with Crippen molar-refractivity contribution in [2.75, 3.05) is 0 Å². The molecule has 2 nitrogen and oxygen atoms in total. The molecule has 0 unspecified atom stereocenters. The first-order valence-electron chi connectivity index (χ1n) is 11.8. The topological polar surface area (TPSA) is 26.3 Å². The van der Waals surface area contributed by atoms with Gasteiger partial charge in [0.1, 0.15) is 0 Å². The van der Waals surface area contributed by atoms with E-state index in [0.717, 1.165) is 70.4 Å². The van der Waals surface area contributed by atoms with Crippen LogP contribution in [0.1, 0.15) is 63.5 Å². The van der Waals surface area contributed by atoms with E-state index in [9.17, 15) is 4.21 Å². The number of unbranched alkanes of at least 4 members (excludes halogenated alkanes) is 2. The molecule has 2 atom stereocenters. The lowest BCUT2D eigenvalue weighted by molar-refractivity contribution is 0.139. The average molecular weight is 445 g/mol. The Kier molecular flexibility index (Phi) is 7.95. The molecule has 32 heavy (non-hydrogen) atoms. The molecule has 0 aliphatic heterocycles. The Morgan fingerprint density at radius 3 is 2.56 bits per heavy atom. The molecule has 0 fully saturated rings. The van der Waals surface area contributed by atoms with Crippen LogP contribution in [0.2, 0.25) is 0 Å². The fraction of sp³-hybridized carbons (Fsp3) is 0.310. The number of ether oxygens (including phenoxy) is 1. The molecule has 0 heterocycles. The average Bonchev–Trinajstić information content (AvgIpc) is 2.86. The molecule has 0 aromatic heterocycles. The minimum absolute atomic E-state index is 0.350. The van der Waals surface area contributed by atoms with Crippen molar-refractivity contribution in [1.29, 1.82) is 0 Å². The van der Waals surface area contributed by atoms with Gasteiger partial charge in [-0.25, -0.2) is 4.21 Å². The summed E-state index contributed by atoms with van der Waals surface area (Å²) in [6.07, 6.45) is 11.5. The SMILES string of the molecule is CCCC/C=C(\[C@@H](OC1=CCCCC1)c1ccccc1)[S@@](=O)c1cccc2ccccc12. The molecular formula is C29H32O2S. The smallest absolute Gasteiger partial charge is 0.157 e. The normalized spacial score (nSPS) is 16.4. The minimum atomic E-state index is -1.33. The molecule has 3 aromatic carbocycles. The van der Waals surface area contributed by atoms with Crippen molar-refractivity contribution in [2.45, 2.75) is 62.9 Å². The second-order valence-electron chi connectivity index (χ2n) is 8.32. The quantitative estimate of drug-likeness (QED) is 0.311. The third-order valence-electron chi connectivity index (χ3n) is 5.95. The van der Waals surface area contributed by atoms with Gasteiger partial charge in [-0.3, -0.25) is 0 Å². The summed E-state index contributed by atoms with van der Waals surface area (Å²) in [6, 6.07) is 24.5. The first-order chi connectivity index (χ1) is 15.8. The van der Waals surface area contributed by atoms with E-state index in [1.54, 1.807) is 0 Å². The molecule has 1 aliphatic carbocycles. The van der Waals surface area contributed by atoms with Crippen LogP contribution < -0.4 is 0 Å². The van der Waals surface area contributed by atoms with Crippen LogP contribution in [0.3, 0.4) is 0 Å². The standard InChI is InChI=1S/C29H32O2S/c1-2-3-6-21-28(32(30)27-22-13-17-23-14-11-12-20-26(23)27)29(24-15-7-4-8-16-24)31-25-18-9-5-10-19-25/h4,7-8,11-18,20-22,29H,2-3,5-6,9-10,19H2,1H3/b28-21+/t29-,32-/m0/s1. The predicted molar refractivity (Wildman–Crippen MR) is 135 cm³/mol. The Bertz CT molecular complexity index is 1110. The molecule has 0 spiro atoms. The molecule has 0 radical (unpaired) electrons. The monoisotopic (exact) mass is 444 g/mol. The lowest BCUT2D eigenvalue weighted by atomic mass is 10.0. The summed E-state index contributed by atoms with van der Waals surface area (Å²) < 4.78 is 20.8. The van der Waals surface area contributed by atoms with Crippen LogP contribution in [0.25, 0.3) is 10.8 Å². The number of hydrogen-bond acceptors (Lipinski definition) is 2. The van der Waals surface area contributed by atoms with Crippen LogP contribution in [0.5, 0.6) is 0 Å². The lowest BCUT2D eigenvalue weighted by Crippen LogP contribution is -2.13. The van der Waals surface area contributed by atoms with Crippen molar-refractivity contribution in [1.82, 2.24) is 0 Å². The van der Waals surface area contributed by atoms with Gasteiger partial charge in [0.2, 0.25) is 0 Å². The zero-order chi connectivity index (χ0) is 22.2. The van der Waals surface area contributed by atoms with Crippen molar-refractivity contribution >= 4 is 21.6 Å². The second kappa shape index (κ2) is 11.3. The van der Waals surface area contributed by atoms with E-state index in [1.807, 2.05) is 42.5 Å². The van der Waals surface area contributed by atoms with Crippen molar-refractivity contribution in [2.24, 2.45) is 0 Å². The summed E-state index contributed by atoms with van der Waals surface area (Å²) >= 11 is 0. The summed E-state index contributed by atoms with van der Waals surface area (Å²) in [7, 11) is -1.33. The number of fused-ring (bicyclic) bond motifs is 1. The van der Waals surface area contributed by atoms with E-state index in [1.165, 1.54) is 6.42 Å². The van der Waals surface area contributed by atoms with Crippen molar-refractivity contribution in [3.05, 3.63) is 101 Å². The third-order valence-corrected chi connectivity index (χ3v) is 7.51. The first-order valence-corrected chi connectivity index (χ1v) is 12.9. The molecule has 0 bridgehead atoms. The molecular weight excluding hydrogens is 412 g/mol. The zero-order valence-electron chi connectivity index (χ0n) is 18.8. The molecule has 0 N–H and O–H groups in total. The zero-order valence-corrected chi connectivity index (χ0v) is 19.7. The van der Waals surface area contributed by atoms with Gasteiger partial charge in [-0.05, 0) is 54.2 Å². The van der Waals surface area contributed by atoms with Gasteiger partial charge in [-0.1, -0.05) is 92.6 Å². The van der Waals surface area contributed by atoms with Gasteiger partial charge in [0.05, 0.1) is 26.4 Å². The van der Waals surface area contributed by atoms with Gasteiger partial charge in [0, 0.05) is 6.42 Å². The maximum Gasteiger partial charge on any atom is 0.157 e. The Morgan fingerprint density at radius 2 is 1.78 bits per heavy atom. The summed E-state index contributed by atoms with van der Waals surface area (Å²) in [4.78, 5) is 1.71. The maximum atomic E-state index is 14.2. The second-order valence-corrected chi connectivity index (χ2v) is 9.77. The van der Waals surface area contributed by atoms with Gasteiger partial charge in [0.25, 0.3) is 0 Å². The fourth-order valence-corrected chi connectivity index (χ4v) is 5.69. The van der Waals surface area contributed by atoms with Crippen molar-refractivity contribution in [3.8, 4) is 0 Å². The van der Waals surface area contributed by atoms with E-state index in [0.29, 0.717) is 0 Å². The molecule has 3 heteroatoms. The Labute approximate surface area is 194 Å². The van der Waals surface area contributed by atoms with E-state index < -0.39 is 10.8 Å². The van der Waals surface area contributed by atoms with Crippen LogP contribution in [0.15, 0.2) is 101 Å². The molecule has 1 aliphatic rings. The van der Waals surface area contributed by atoms with Crippen molar-refractivity contribution < 1.29 is 8.95 Å². The van der Waals surface area contributed by atoms with E-state index in [2.05, 4.69) is 49.4 Å².